The number of nitrogens with one attached hydrogen (secondary N) is 1. The third-order valence-corrected chi connectivity index (χ3v) is 3.89. The number of halogens is 1. The molecule has 0 aliphatic heterocycles. The van der Waals surface area contributed by atoms with Gasteiger partial charge < -0.3 is 16.2 Å². The van der Waals surface area contributed by atoms with Gasteiger partial charge in [0.25, 0.3) is 5.91 Å². The van der Waals surface area contributed by atoms with Crippen LogP contribution in [0.5, 0.6) is 5.75 Å². The van der Waals surface area contributed by atoms with Crippen LogP contribution >= 0.6 is 27.3 Å². The molecule has 1 heterocycles. The monoisotopic (exact) mass is 341 g/mol. The van der Waals surface area contributed by atoms with Crippen molar-refractivity contribution in [1.82, 2.24) is 4.98 Å². The maximum absolute atomic E-state index is 12.0. The molecule has 0 aliphatic rings. The molecule has 1 aromatic heterocycles. The summed E-state index contributed by atoms with van der Waals surface area (Å²) in [7, 11) is 0. The molecule has 0 fully saturated rings. The van der Waals surface area contributed by atoms with Crippen molar-refractivity contribution >= 4 is 38.9 Å². The highest BCUT2D eigenvalue weighted by molar-refractivity contribution is 9.10. The molecule has 1 unspecified atom stereocenters. The summed E-state index contributed by atoms with van der Waals surface area (Å²) in [5.74, 6) is -0.379. The first kappa shape index (κ1) is 14.0. The first-order valence-electron chi connectivity index (χ1n) is 5.48. The second-order valence-corrected chi connectivity index (χ2v) is 5.78. The molecule has 1 atom stereocenters. The minimum atomic E-state index is -0.378. The van der Waals surface area contributed by atoms with Crippen LogP contribution in [-0.4, -0.2) is 16.0 Å². The predicted octanol–water partition coefficient (Wildman–Crippen LogP) is 2.88. The molecule has 0 saturated heterocycles. The van der Waals surface area contributed by atoms with Gasteiger partial charge in [-0.3, -0.25) is 4.79 Å². The van der Waals surface area contributed by atoms with Crippen molar-refractivity contribution in [3.63, 3.8) is 0 Å². The van der Waals surface area contributed by atoms with Crippen LogP contribution in [-0.2, 0) is 0 Å². The van der Waals surface area contributed by atoms with Crippen molar-refractivity contribution in [3.05, 3.63) is 38.8 Å². The van der Waals surface area contributed by atoms with E-state index in [-0.39, 0.29) is 23.4 Å². The lowest BCUT2D eigenvalue weighted by molar-refractivity contribution is 0.102. The number of carbonyl (C=O) groups is 1. The average molecular weight is 342 g/mol. The lowest BCUT2D eigenvalue weighted by Gasteiger charge is -2.06. The van der Waals surface area contributed by atoms with E-state index < -0.39 is 0 Å². The smallest absolute Gasteiger partial charge is 0.275 e. The van der Waals surface area contributed by atoms with Crippen LogP contribution in [0.25, 0.3) is 0 Å². The molecule has 0 spiro atoms. The SMILES string of the molecule is CC(N)c1nc(C(=O)Nc2cc(Br)ccc2O)cs1. The highest BCUT2D eigenvalue weighted by Gasteiger charge is 2.14. The van der Waals surface area contributed by atoms with Crippen LogP contribution in [0.3, 0.4) is 0 Å². The Kier molecular flexibility index (Phi) is 4.18. The third kappa shape index (κ3) is 3.31. The van der Waals surface area contributed by atoms with Gasteiger partial charge in [-0.25, -0.2) is 4.98 Å². The van der Waals surface area contributed by atoms with Crippen LogP contribution in [0.15, 0.2) is 28.1 Å². The molecule has 19 heavy (non-hydrogen) atoms. The Hall–Kier alpha value is -1.44. The number of rotatable bonds is 3. The Morgan fingerprint density at radius 3 is 2.95 bits per heavy atom. The Morgan fingerprint density at radius 1 is 1.58 bits per heavy atom. The fraction of sp³-hybridized carbons (Fsp3) is 0.167. The maximum atomic E-state index is 12.0. The Balaban J connectivity index is 2.18. The second kappa shape index (κ2) is 5.68. The van der Waals surface area contributed by atoms with Gasteiger partial charge in [0.2, 0.25) is 0 Å². The number of carbonyl (C=O) groups excluding carboxylic acids is 1. The molecule has 2 aromatic rings. The number of anilines is 1. The summed E-state index contributed by atoms with van der Waals surface area (Å²) in [6.07, 6.45) is 0. The highest BCUT2D eigenvalue weighted by atomic mass is 79.9. The van der Waals surface area contributed by atoms with Crippen LogP contribution in [0, 0.1) is 0 Å². The summed E-state index contributed by atoms with van der Waals surface area (Å²) in [4.78, 5) is 16.1. The number of thiazole rings is 1. The van der Waals surface area contributed by atoms with Gasteiger partial charge in [0.1, 0.15) is 16.5 Å². The van der Waals surface area contributed by atoms with Crippen LogP contribution in [0.2, 0.25) is 0 Å². The van der Waals surface area contributed by atoms with Gasteiger partial charge in [-0.1, -0.05) is 15.9 Å². The number of phenolic OH excluding ortho intramolecular Hbond substituents is 1. The summed E-state index contributed by atoms with van der Waals surface area (Å²) < 4.78 is 0.759. The van der Waals surface area contributed by atoms with Gasteiger partial charge in [0.05, 0.1) is 11.7 Å². The number of aromatic nitrogens is 1. The van der Waals surface area contributed by atoms with Crippen molar-refractivity contribution in [1.29, 1.82) is 0 Å². The van der Waals surface area contributed by atoms with E-state index in [1.807, 2.05) is 0 Å². The minimum Gasteiger partial charge on any atom is -0.506 e. The average Bonchev–Trinajstić information content (AvgIpc) is 2.83. The molecule has 0 bridgehead atoms. The van der Waals surface area contributed by atoms with E-state index in [2.05, 4.69) is 26.2 Å². The topological polar surface area (TPSA) is 88.2 Å². The Morgan fingerprint density at radius 2 is 2.32 bits per heavy atom. The number of nitrogens with zero attached hydrogens (tertiary/aromatic N) is 1. The number of phenols is 1. The standard InChI is InChI=1S/C12H12BrN3O2S/c1-6(14)12-16-9(5-19-12)11(18)15-8-4-7(13)2-3-10(8)17/h2-6,17H,14H2,1H3,(H,15,18). The van der Waals surface area contributed by atoms with Crippen LogP contribution in [0.4, 0.5) is 5.69 Å². The zero-order valence-electron chi connectivity index (χ0n) is 10.1. The van der Waals surface area contributed by atoms with E-state index in [4.69, 9.17) is 5.73 Å². The molecule has 1 aromatic carbocycles. The molecule has 4 N–H and O–H groups in total. The molecule has 100 valence electrons. The molecular weight excluding hydrogens is 330 g/mol. The van der Waals surface area contributed by atoms with Gasteiger partial charge >= 0.3 is 0 Å². The largest absolute Gasteiger partial charge is 0.506 e. The minimum absolute atomic E-state index is 0.000744. The maximum Gasteiger partial charge on any atom is 0.275 e. The number of aromatic hydroxyl groups is 1. The zero-order chi connectivity index (χ0) is 14.0. The molecule has 2 rings (SSSR count). The Labute approximate surface area is 122 Å². The summed E-state index contributed by atoms with van der Waals surface area (Å²) in [5, 5.41) is 14.6. The van der Waals surface area contributed by atoms with E-state index in [0.717, 1.165) is 4.47 Å². The number of benzene rings is 1. The molecule has 0 radical (unpaired) electrons. The van der Waals surface area contributed by atoms with E-state index in [0.29, 0.717) is 10.7 Å². The fourth-order valence-corrected chi connectivity index (χ4v) is 2.51. The lowest BCUT2D eigenvalue weighted by Crippen LogP contribution is -2.13. The van der Waals surface area contributed by atoms with E-state index in [9.17, 15) is 9.90 Å². The van der Waals surface area contributed by atoms with Crippen molar-refractivity contribution in [2.24, 2.45) is 5.73 Å². The van der Waals surface area contributed by atoms with Crippen molar-refractivity contribution in [2.45, 2.75) is 13.0 Å². The molecule has 0 aliphatic carbocycles. The summed E-state index contributed by atoms with van der Waals surface area (Å²) >= 11 is 4.61. The van der Waals surface area contributed by atoms with Gasteiger partial charge in [0, 0.05) is 9.85 Å². The number of hydrogen-bond donors (Lipinski definition) is 3. The summed E-state index contributed by atoms with van der Waals surface area (Å²) in [5.41, 5.74) is 6.31. The molecule has 0 saturated carbocycles. The normalized spacial score (nSPS) is 12.2. The van der Waals surface area contributed by atoms with Crippen LogP contribution < -0.4 is 11.1 Å². The summed E-state index contributed by atoms with van der Waals surface area (Å²) in [6.45, 7) is 1.81. The van der Waals surface area contributed by atoms with E-state index in [1.54, 1.807) is 24.4 Å². The van der Waals surface area contributed by atoms with Crippen LogP contribution in [0.1, 0.15) is 28.5 Å². The predicted molar refractivity (Wildman–Crippen MR) is 78.5 cm³/mol. The first-order chi connectivity index (χ1) is 8.97. The van der Waals surface area contributed by atoms with Gasteiger partial charge in [0.15, 0.2) is 0 Å². The Bertz CT molecular complexity index is 613. The molecule has 7 heteroatoms. The second-order valence-electron chi connectivity index (χ2n) is 3.98. The molecule has 1 amide bonds. The van der Waals surface area contributed by atoms with Crippen molar-refractivity contribution in [2.75, 3.05) is 5.32 Å². The van der Waals surface area contributed by atoms with Crippen molar-refractivity contribution in [3.8, 4) is 5.75 Å². The summed E-state index contributed by atoms with van der Waals surface area (Å²) in [6, 6.07) is 4.59. The number of nitrogens with two attached hydrogens (primary N) is 1. The lowest BCUT2D eigenvalue weighted by atomic mass is 10.3. The van der Waals surface area contributed by atoms with Gasteiger partial charge in [-0.2, -0.15) is 0 Å². The first-order valence-corrected chi connectivity index (χ1v) is 7.15. The zero-order valence-corrected chi connectivity index (χ0v) is 12.5. The van der Waals surface area contributed by atoms with E-state index in [1.165, 1.54) is 17.4 Å². The molecule has 5 nitrogen and oxygen atoms in total. The van der Waals surface area contributed by atoms with Gasteiger partial charge in [-0.15, -0.1) is 11.3 Å². The van der Waals surface area contributed by atoms with Crippen molar-refractivity contribution < 1.29 is 9.90 Å². The van der Waals surface area contributed by atoms with E-state index >= 15 is 0 Å². The molecular formula is C12H12BrN3O2S. The number of amides is 1. The quantitative estimate of drug-likeness (QED) is 0.749. The third-order valence-electron chi connectivity index (χ3n) is 2.35. The highest BCUT2D eigenvalue weighted by Crippen LogP contribution is 2.27. The number of hydrogen-bond acceptors (Lipinski definition) is 5. The fourth-order valence-electron chi connectivity index (χ4n) is 1.40. The van der Waals surface area contributed by atoms with Gasteiger partial charge in [-0.05, 0) is 25.1 Å².